The van der Waals surface area contributed by atoms with Crippen molar-refractivity contribution < 1.29 is 24.2 Å². The number of rotatable bonds is 8. The van der Waals surface area contributed by atoms with Gasteiger partial charge in [-0.3, -0.25) is 9.59 Å². The SMILES string of the molecule is CC(=O)O[C@H](C)CCCCCC[C@@H]1OC(=O)C[C@H]1O. The van der Waals surface area contributed by atoms with Gasteiger partial charge in [0.25, 0.3) is 0 Å². The maximum Gasteiger partial charge on any atom is 0.308 e. The predicted molar refractivity (Wildman–Crippen MR) is 69.4 cm³/mol. The largest absolute Gasteiger partial charge is 0.463 e. The van der Waals surface area contributed by atoms with E-state index < -0.39 is 6.10 Å². The fraction of sp³-hybridized carbons (Fsp3) is 0.857. The molecule has 5 nitrogen and oxygen atoms in total. The van der Waals surface area contributed by atoms with Crippen LogP contribution in [0.3, 0.4) is 0 Å². The minimum atomic E-state index is -0.628. The molecule has 110 valence electrons. The van der Waals surface area contributed by atoms with Gasteiger partial charge in [0.2, 0.25) is 0 Å². The third-order valence-electron chi connectivity index (χ3n) is 3.30. The quantitative estimate of drug-likeness (QED) is 0.540. The van der Waals surface area contributed by atoms with Gasteiger partial charge in [-0.2, -0.15) is 0 Å². The standard InChI is InChI=1S/C14H24O5/c1-10(18-11(2)15)7-5-3-4-6-8-13-12(16)9-14(17)19-13/h10,12-13,16H,3-9H2,1-2H3/t10-,12-,13+/m1/s1. The zero-order valence-electron chi connectivity index (χ0n) is 11.8. The van der Waals surface area contributed by atoms with Crippen LogP contribution in [-0.2, 0) is 19.1 Å². The molecule has 0 spiro atoms. The summed E-state index contributed by atoms with van der Waals surface area (Å²) in [5.74, 6) is -0.530. The highest BCUT2D eigenvalue weighted by Crippen LogP contribution is 2.20. The van der Waals surface area contributed by atoms with E-state index in [0.29, 0.717) is 0 Å². The van der Waals surface area contributed by atoms with Crippen LogP contribution in [0, 0.1) is 0 Å². The number of hydrogen-bond donors (Lipinski definition) is 1. The van der Waals surface area contributed by atoms with Gasteiger partial charge < -0.3 is 14.6 Å². The van der Waals surface area contributed by atoms with Gasteiger partial charge >= 0.3 is 11.9 Å². The van der Waals surface area contributed by atoms with Crippen LogP contribution in [-0.4, -0.2) is 35.4 Å². The van der Waals surface area contributed by atoms with Gasteiger partial charge in [-0.15, -0.1) is 0 Å². The highest BCUT2D eigenvalue weighted by molar-refractivity contribution is 5.72. The lowest BCUT2D eigenvalue weighted by atomic mass is 10.0. The lowest BCUT2D eigenvalue weighted by Crippen LogP contribution is -2.20. The fourth-order valence-corrected chi connectivity index (χ4v) is 2.32. The molecular weight excluding hydrogens is 248 g/mol. The highest BCUT2D eigenvalue weighted by Gasteiger charge is 2.32. The van der Waals surface area contributed by atoms with E-state index in [1.807, 2.05) is 6.92 Å². The second kappa shape index (κ2) is 8.15. The van der Waals surface area contributed by atoms with Gasteiger partial charge in [-0.05, 0) is 32.6 Å². The Hall–Kier alpha value is -1.10. The molecule has 0 aliphatic carbocycles. The number of unbranched alkanes of at least 4 members (excludes halogenated alkanes) is 3. The average Bonchev–Trinajstić information content (AvgIpc) is 2.61. The van der Waals surface area contributed by atoms with E-state index in [1.54, 1.807) is 0 Å². The highest BCUT2D eigenvalue weighted by atomic mass is 16.6. The monoisotopic (exact) mass is 272 g/mol. The van der Waals surface area contributed by atoms with Gasteiger partial charge in [0, 0.05) is 6.92 Å². The number of carbonyl (C=O) groups excluding carboxylic acids is 2. The third-order valence-corrected chi connectivity index (χ3v) is 3.30. The molecule has 5 heteroatoms. The maximum absolute atomic E-state index is 10.9. The summed E-state index contributed by atoms with van der Waals surface area (Å²) in [6.45, 7) is 3.32. The lowest BCUT2D eigenvalue weighted by Gasteiger charge is -2.13. The number of esters is 2. The molecule has 0 unspecified atom stereocenters. The van der Waals surface area contributed by atoms with E-state index in [4.69, 9.17) is 9.47 Å². The molecule has 0 radical (unpaired) electrons. The van der Waals surface area contributed by atoms with Crippen molar-refractivity contribution in [2.24, 2.45) is 0 Å². The minimum Gasteiger partial charge on any atom is -0.463 e. The van der Waals surface area contributed by atoms with Crippen LogP contribution in [0.1, 0.15) is 58.8 Å². The molecule has 1 saturated heterocycles. The summed E-state index contributed by atoms with van der Waals surface area (Å²) < 4.78 is 10.1. The summed E-state index contributed by atoms with van der Waals surface area (Å²) >= 11 is 0. The molecule has 0 aromatic heterocycles. The van der Waals surface area contributed by atoms with Crippen LogP contribution >= 0.6 is 0 Å². The van der Waals surface area contributed by atoms with Crippen molar-refractivity contribution in [3.05, 3.63) is 0 Å². The first-order chi connectivity index (χ1) is 8.99. The summed E-state index contributed by atoms with van der Waals surface area (Å²) in [5.41, 5.74) is 0. The Bertz CT molecular complexity index is 302. The Balaban J connectivity index is 1.97. The van der Waals surface area contributed by atoms with Gasteiger partial charge in [-0.1, -0.05) is 12.8 Å². The molecule has 0 aromatic carbocycles. The van der Waals surface area contributed by atoms with Gasteiger partial charge in [-0.25, -0.2) is 0 Å². The molecule has 0 bridgehead atoms. The lowest BCUT2D eigenvalue weighted by molar-refractivity contribution is -0.146. The van der Waals surface area contributed by atoms with Crippen LogP contribution in [0.5, 0.6) is 0 Å². The van der Waals surface area contributed by atoms with E-state index in [0.717, 1.165) is 38.5 Å². The summed E-state index contributed by atoms with van der Waals surface area (Å²) in [7, 11) is 0. The molecular formula is C14H24O5. The van der Waals surface area contributed by atoms with E-state index in [-0.39, 0.29) is 30.6 Å². The zero-order valence-corrected chi connectivity index (χ0v) is 11.8. The van der Waals surface area contributed by atoms with Crippen molar-refractivity contribution >= 4 is 11.9 Å². The first kappa shape index (κ1) is 16.0. The Kier molecular flexibility index (Phi) is 6.84. The number of aliphatic hydroxyl groups is 1. The summed E-state index contributed by atoms with van der Waals surface area (Å²) in [4.78, 5) is 21.6. The minimum absolute atomic E-state index is 0.0184. The van der Waals surface area contributed by atoms with Crippen LogP contribution in [0.25, 0.3) is 0 Å². The topological polar surface area (TPSA) is 72.8 Å². The zero-order chi connectivity index (χ0) is 14.3. The normalized spacial score (nSPS) is 24.1. The summed E-state index contributed by atoms with van der Waals surface area (Å²) in [5, 5.41) is 9.52. The van der Waals surface area contributed by atoms with Crippen molar-refractivity contribution in [2.75, 3.05) is 0 Å². The molecule has 19 heavy (non-hydrogen) atoms. The van der Waals surface area contributed by atoms with E-state index >= 15 is 0 Å². The van der Waals surface area contributed by atoms with Crippen molar-refractivity contribution in [3.63, 3.8) is 0 Å². The Morgan fingerprint density at radius 1 is 1.42 bits per heavy atom. The smallest absolute Gasteiger partial charge is 0.308 e. The molecule has 1 N–H and O–H groups in total. The second-order valence-electron chi connectivity index (χ2n) is 5.21. The molecule has 1 rings (SSSR count). The Morgan fingerprint density at radius 3 is 2.68 bits per heavy atom. The van der Waals surface area contributed by atoms with E-state index in [9.17, 15) is 14.7 Å². The van der Waals surface area contributed by atoms with Gasteiger partial charge in [0.05, 0.1) is 12.5 Å². The second-order valence-corrected chi connectivity index (χ2v) is 5.21. The molecule has 1 fully saturated rings. The van der Waals surface area contributed by atoms with Gasteiger partial charge in [0.1, 0.15) is 12.2 Å². The van der Waals surface area contributed by atoms with Crippen molar-refractivity contribution in [1.82, 2.24) is 0 Å². The van der Waals surface area contributed by atoms with Crippen LogP contribution in [0.4, 0.5) is 0 Å². The van der Waals surface area contributed by atoms with Crippen molar-refractivity contribution in [2.45, 2.75) is 77.1 Å². The first-order valence-corrected chi connectivity index (χ1v) is 7.04. The van der Waals surface area contributed by atoms with Crippen molar-refractivity contribution in [3.8, 4) is 0 Å². The third kappa shape index (κ3) is 6.57. The fourth-order valence-electron chi connectivity index (χ4n) is 2.32. The summed E-state index contributed by atoms with van der Waals surface area (Å²) in [6, 6.07) is 0. The molecule has 3 atom stereocenters. The molecule has 0 saturated carbocycles. The number of hydrogen-bond acceptors (Lipinski definition) is 5. The Labute approximate surface area is 114 Å². The summed E-state index contributed by atoms with van der Waals surface area (Å²) in [6.07, 6.45) is 4.82. The average molecular weight is 272 g/mol. The maximum atomic E-state index is 10.9. The number of cyclic esters (lactones) is 1. The molecule has 1 aliphatic heterocycles. The molecule has 1 aliphatic rings. The predicted octanol–water partition coefficient (Wildman–Crippen LogP) is 1.95. The van der Waals surface area contributed by atoms with Gasteiger partial charge in [0.15, 0.2) is 0 Å². The van der Waals surface area contributed by atoms with Crippen LogP contribution < -0.4 is 0 Å². The number of aliphatic hydroxyl groups excluding tert-OH is 1. The first-order valence-electron chi connectivity index (χ1n) is 7.04. The molecule has 0 amide bonds. The van der Waals surface area contributed by atoms with Crippen LogP contribution in [0.15, 0.2) is 0 Å². The number of ether oxygens (including phenoxy) is 2. The Morgan fingerprint density at radius 2 is 2.11 bits per heavy atom. The number of carbonyl (C=O) groups is 2. The van der Waals surface area contributed by atoms with Crippen LogP contribution in [0.2, 0.25) is 0 Å². The molecule has 1 heterocycles. The van der Waals surface area contributed by atoms with Crippen molar-refractivity contribution in [1.29, 1.82) is 0 Å². The van der Waals surface area contributed by atoms with E-state index in [2.05, 4.69) is 0 Å². The van der Waals surface area contributed by atoms with E-state index in [1.165, 1.54) is 6.92 Å². The molecule has 0 aromatic rings.